The smallest absolute Gasteiger partial charge is 0.320 e. The molecule has 3 rings (SSSR count). The minimum Gasteiger partial charge on any atom is -0.480 e. The van der Waals surface area contributed by atoms with Gasteiger partial charge in [0.25, 0.3) is 0 Å². The summed E-state index contributed by atoms with van der Waals surface area (Å²) in [5, 5.41) is 24.5. The van der Waals surface area contributed by atoms with E-state index in [9.17, 15) is 9.90 Å². The molecule has 1 aliphatic rings. The number of aliphatic hydroxyl groups is 1. The Labute approximate surface area is 216 Å². The van der Waals surface area contributed by atoms with Crippen LogP contribution in [0.1, 0.15) is 74.5 Å². The molecular weight excluding hydrogens is 448 g/mol. The van der Waals surface area contributed by atoms with Gasteiger partial charge in [0.2, 0.25) is 0 Å². The third kappa shape index (κ3) is 9.38. The molecule has 5 nitrogen and oxygen atoms in total. The topological polar surface area (TPSA) is 95.6 Å². The summed E-state index contributed by atoms with van der Waals surface area (Å²) in [7, 11) is 0. The van der Waals surface area contributed by atoms with E-state index < -0.39 is 17.6 Å². The molecule has 3 atom stereocenters. The molecule has 1 fully saturated rings. The Balaban J connectivity index is 1.63. The van der Waals surface area contributed by atoms with Crippen molar-refractivity contribution in [3.05, 3.63) is 95.6 Å². The number of hydrogen-bond acceptors (Lipinski definition) is 4. The molecule has 194 valence electrons. The van der Waals surface area contributed by atoms with Crippen molar-refractivity contribution in [2.45, 2.75) is 88.4 Å². The Hall–Kier alpha value is -2.73. The van der Waals surface area contributed by atoms with E-state index in [2.05, 4.69) is 29.6 Å². The predicted octanol–water partition coefficient (Wildman–Crippen LogP) is 5.64. The second-order valence-electron chi connectivity index (χ2n) is 10.1. The summed E-state index contributed by atoms with van der Waals surface area (Å²) in [6, 6.07) is 25.9. The van der Waals surface area contributed by atoms with Crippen molar-refractivity contribution < 1.29 is 15.0 Å². The Kier molecular flexibility index (Phi) is 11.4. The first kappa shape index (κ1) is 27.9. The summed E-state index contributed by atoms with van der Waals surface area (Å²) >= 11 is 0. The third-order valence-electron chi connectivity index (χ3n) is 7.18. The molecule has 2 aromatic carbocycles. The predicted molar refractivity (Wildman–Crippen MR) is 146 cm³/mol. The minimum atomic E-state index is -0.998. The van der Waals surface area contributed by atoms with Gasteiger partial charge < -0.3 is 21.3 Å². The number of carboxylic acid groups (broad SMARTS) is 1. The lowest BCUT2D eigenvalue weighted by molar-refractivity contribution is -0.138. The highest BCUT2D eigenvalue weighted by molar-refractivity contribution is 5.73. The maximum absolute atomic E-state index is 11.7. The van der Waals surface area contributed by atoms with E-state index in [1.165, 1.54) is 18.4 Å². The molecule has 0 amide bonds. The molecule has 0 radical (unpaired) electrons. The van der Waals surface area contributed by atoms with Crippen molar-refractivity contribution in [1.29, 1.82) is 0 Å². The minimum absolute atomic E-state index is 0.287. The van der Waals surface area contributed by atoms with Gasteiger partial charge in [0, 0.05) is 12.6 Å². The summed E-state index contributed by atoms with van der Waals surface area (Å²) < 4.78 is 0. The van der Waals surface area contributed by atoms with Crippen LogP contribution in [-0.4, -0.2) is 28.3 Å². The second-order valence-corrected chi connectivity index (χ2v) is 10.1. The first-order valence-electron chi connectivity index (χ1n) is 13.4. The van der Waals surface area contributed by atoms with Crippen molar-refractivity contribution in [2.24, 2.45) is 5.73 Å². The van der Waals surface area contributed by atoms with Crippen LogP contribution in [0.5, 0.6) is 0 Å². The summed E-state index contributed by atoms with van der Waals surface area (Å²) in [6.45, 7) is 0.827. The molecule has 0 spiro atoms. The van der Waals surface area contributed by atoms with Crippen molar-refractivity contribution in [1.82, 2.24) is 5.32 Å². The Morgan fingerprint density at radius 1 is 0.833 bits per heavy atom. The Bertz CT molecular complexity index is 968. The number of benzene rings is 1. The van der Waals surface area contributed by atoms with Crippen LogP contribution in [-0.2, 0) is 23.4 Å². The fourth-order valence-corrected chi connectivity index (χ4v) is 4.97. The quantitative estimate of drug-likeness (QED) is 0.403. The lowest BCUT2D eigenvalue weighted by Crippen LogP contribution is -2.32. The summed E-state index contributed by atoms with van der Waals surface area (Å²) in [5.74, 6) is -0.998. The van der Waals surface area contributed by atoms with E-state index in [1.807, 2.05) is 54.6 Å². The van der Waals surface area contributed by atoms with Crippen LogP contribution in [0.4, 0.5) is 0 Å². The van der Waals surface area contributed by atoms with E-state index in [0.29, 0.717) is 6.04 Å². The first-order chi connectivity index (χ1) is 17.5. The molecule has 0 heterocycles. The summed E-state index contributed by atoms with van der Waals surface area (Å²) in [6.07, 6.45) is 9.42. The van der Waals surface area contributed by atoms with Gasteiger partial charge in [0.05, 0.1) is 5.60 Å². The number of aliphatic carboxylic acids is 1. The normalized spacial score (nSPS) is 22.0. The number of nitrogens with two attached hydrogens (primary N) is 1. The van der Waals surface area contributed by atoms with E-state index in [4.69, 9.17) is 10.8 Å². The van der Waals surface area contributed by atoms with Crippen LogP contribution in [0, 0.1) is 0 Å². The number of carboxylic acids is 1. The molecule has 5 heteroatoms. The van der Waals surface area contributed by atoms with E-state index in [0.717, 1.165) is 62.6 Å². The van der Waals surface area contributed by atoms with Crippen LogP contribution in [0.25, 0.3) is 0 Å². The molecule has 1 aliphatic carbocycles. The molecule has 0 saturated heterocycles. The maximum Gasteiger partial charge on any atom is 0.320 e. The van der Waals surface area contributed by atoms with Gasteiger partial charge in [-0.3, -0.25) is 4.79 Å². The SMILES string of the molecule is NC(Cc1ccc(C2(O)CCCCCCC(NCc3ccccccccc3)CCC2)cc1)C(=O)O. The van der Waals surface area contributed by atoms with Crippen molar-refractivity contribution >= 4 is 5.97 Å². The largest absolute Gasteiger partial charge is 0.480 e. The van der Waals surface area contributed by atoms with Crippen molar-refractivity contribution in [3.63, 3.8) is 0 Å². The monoisotopic (exact) mass is 490 g/mol. The van der Waals surface area contributed by atoms with Gasteiger partial charge in [-0.05, 0) is 55.2 Å². The molecule has 3 unspecified atom stereocenters. The average molecular weight is 491 g/mol. The van der Waals surface area contributed by atoms with Gasteiger partial charge in [-0.25, -0.2) is 0 Å². The van der Waals surface area contributed by atoms with Gasteiger partial charge in [-0.1, -0.05) is 105 Å². The summed E-state index contributed by atoms with van der Waals surface area (Å²) in [4.78, 5) is 11.1. The van der Waals surface area contributed by atoms with Gasteiger partial charge in [-0.15, -0.1) is 0 Å². The second kappa shape index (κ2) is 14.7. The average Bonchev–Trinajstić information content (AvgIpc) is 2.91. The maximum atomic E-state index is 11.7. The van der Waals surface area contributed by atoms with Gasteiger partial charge in [0.15, 0.2) is 0 Å². The van der Waals surface area contributed by atoms with Crippen LogP contribution >= 0.6 is 0 Å². The zero-order chi connectivity index (χ0) is 25.6. The zero-order valence-corrected chi connectivity index (χ0v) is 21.3. The van der Waals surface area contributed by atoms with Gasteiger partial charge >= 0.3 is 5.97 Å². The number of hydrogen-bond donors (Lipinski definition) is 4. The highest BCUT2D eigenvalue weighted by atomic mass is 16.4. The van der Waals surface area contributed by atoms with Crippen LogP contribution in [0.2, 0.25) is 0 Å². The van der Waals surface area contributed by atoms with Gasteiger partial charge in [-0.2, -0.15) is 0 Å². The van der Waals surface area contributed by atoms with Gasteiger partial charge in [0.1, 0.15) is 6.04 Å². The lowest BCUT2D eigenvalue weighted by Gasteiger charge is -2.30. The number of carbonyl (C=O) groups is 1. The molecule has 0 aliphatic heterocycles. The van der Waals surface area contributed by atoms with Crippen molar-refractivity contribution in [2.75, 3.05) is 0 Å². The molecule has 2 aromatic rings. The van der Waals surface area contributed by atoms with Crippen LogP contribution in [0.15, 0.2) is 78.9 Å². The fourth-order valence-electron chi connectivity index (χ4n) is 4.97. The van der Waals surface area contributed by atoms with Crippen molar-refractivity contribution in [3.8, 4) is 0 Å². The van der Waals surface area contributed by atoms with E-state index >= 15 is 0 Å². The highest BCUT2D eigenvalue weighted by Crippen LogP contribution is 2.34. The summed E-state index contributed by atoms with van der Waals surface area (Å²) in [5.41, 5.74) is 7.88. The standard InChI is InChI=1S/C31H42N2O3/c32-29(30(34)35)23-25-17-19-27(20-18-25)31(36)21-11-7-6-10-15-28(16-12-22-31)33-24-26-13-8-4-2-1-3-5-9-14-26/h1-5,8-9,13-14,17-20,28-29,33,36H,6-7,10-12,15-16,21-24,32H2,(H,34,35). The molecule has 36 heavy (non-hydrogen) atoms. The molecule has 0 bridgehead atoms. The molecule has 0 aromatic heterocycles. The molecular formula is C31H42N2O3. The lowest BCUT2D eigenvalue weighted by atomic mass is 9.83. The Morgan fingerprint density at radius 3 is 2.08 bits per heavy atom. The molecule has 5 N–H and O–H groups in total. The van der Waals surface area contributed by atoms with E-state index in [-0.39, 0.29) is 6.42 Å². The fraction of sp³-hybridized carbons (Fsp3) is 0.452. The Morgan fingerprint density at radius 2 is 1.42 bits per heavy atom. The van der Waals surface area contributed by atoms with Crippen LogP contribution in [0.3, 0.4) is 0 Å². The van der Waals surface area contributed by atoms with Crippen LogP contribution < -0.4 is 11.1 Å². The van der Waals surface area contributed by atoms with E-state index in [1.54, 1.807) is 0 Å². The number of rotatable bonds is 7. The zero-order valence-electron chi connectivity index (χ0n) is 21.3. The number of nitrogens with one attached hydrogen (secondary N) is 1. The highest BCUT2D eigenvalue weighted by Gasteiger charge is 2.29. The molecule has 1 saturated carbocycles. The third-order valence-corrected chi connectivity index (χ3v) is 7.18. The first-order valence-corrected chi connectivity index (χ1v) is 13.4.